The molecule has 2 rings (SSSR count). The molecule has 0 spiro atoms. The molecule has 12 heteroatoms. The number of unbranched alkanes of at least 4 members (excludes halogenated alkanes) is 1. The summed E-state index contributed by atoms with van der Waals surface area (Å²) in [5.74, 6) is 0.0636. The van der Waals surface area contributed by atoms with Gasteiger partial charge in [0.1, 0.15) is 0 Å². The third kappa shape index (κ3) is 13.7. The molecule has 1 saturated heterocycles. The number of alkyl carbamates (subject to hydrolysis) is 1. The summed E-state index contributed by atoms with van der Waals surface area (Å²) in [6, 6.07) is 0. The Balaban J connectivity index is 1.31. The molecule has 1 aliphatic carbocycles. The smallest absolute Gasteiger partial charge is 0.407 e. The number of imide groups is 1. The molecule has 3 atom stereocenters. The molecule has 1 saturated carbocycles. The van der Waals surface area contributed by atoms with Crippen LogP contribution in [0.3, 0.4) is 0 Å². The van der Waals surface area contributed by atoms with E-state index in [0.29, 0.717) is 75.6 Å². The van der Waals surface area contributed by atoms with Crippen molar-refractivity contribution >= 4 is 23.9 Å². The second-order valence-electron chi connectivity index (χ2n) is 9.77. The van der Waals surface area contributed by atoms with Crippen LogP contribution in [-0.2, 0) is 42.9 Å². The Bertz CT molecular complexity index is 777. The zero-order chi connectivity index (χ0) is 29.0. The van der Waals surface area contributed by atoms with Crippen LogP contribution >= 0.6 is 0 Å². The Morgan fingerprint density at radius 1 is 0.875 bits per heavy atom. The minimum absolute atomic E-state index is 0.0595. The summed E-state index contributed by atoms with van der Waals surface area (Å²) < 4.78 is 26.9. The first-order chi connectivity index (χ1) is 19.5. The first-order valence-electron chi connectivity index (χ1n) is 14.4. The molecule has 228 valence electrons. The molecule has 0 radical (unpaired) electrons. The van der Waals surface area contributed by atoms with E-state index in [1.165, 1.54) is 19.3 Å². The fourth-order valence-corrected chi connectivity index (χ4v) is 4.55. The summed E-state index contributed by atoms with van der Waals surface area (Å²) in [5.41, 5.74) is 0. The highest BCUT2D eigenvalue weighted by molar-refractivity contribution is 6.01. The number of amides is 3. The summed E-state index contributed by atoms with van der Waals surface area (Å²) in [7, 11) is 0. The minimum Gasteiger partial charge on any atom is -0.449 e. The van der Waals surface area contributed by atoms with Gasteiger partial charge in [-0.3, -0.25) is 9.59 Å². The molecule has 0 aromatic heterocycles. The standard InChI is InChI=1S/C28H46N2O10/c1-3-5-7-22-23(8-6-4-2)24(22)21-39-28(34)29-12-14-36-16-18-38-20-19-37-17-15-35-13-11-27(33)40-30-25(31)9-10-26(30)32/h3,22-24H,1,4-21H2,2H3,(H,29,34)/t22?,23?,24-/m1/s1. The Labute approximate surface area is 236 Å². The van der Waals surface area contributed by atoms with E-state index in [4.69, 9.17) is 28.5 Å². The van der Waals surface area contributed by atoms with Crippen LogP contribution in [0.5, 0.6) is 0 Å². The second kappa shape index (κ2) is 20.4. The predicted octanol–water partition coefficient (Wildman–Crippen LogP) is 2.79. The van der Waals surface area contributed by atoms with Crippen molar-refractivity contribution < 1.29 is 47.7 Å². The topological polar surface area (TPSA) is 139 Å². The van der Waals surface area contributed by atoms with Gasteiger partial charge in [0.2, 0.25) is 0 Å². The Kier molecular flexibility index (Phi) is 17.1. The molecule has 1 N–H and O–H groups in total. The molecule has 2 fully saturated rings. The highest BCUT2D eigenvalue weighted by Gasteiger charge is 2.48. The molecule has 2 aliphatic rings. The van der Waals surface area contributed by atoms with E-state index < -0.39 is 23.9 Å². The third-order valence-corrected chi connectivity index (χ3v) is 6.79. The molecule has 0 bridgehead atoms. The van der Waals surface area contributed by atoms with Gasteiger partial charge in [-0.2, -0.15) is 0 Å². The fraction of sp³-hybridized carbons (Fsp3) is 0.786. The third-order valence-electron chi connectivity index (χ3n) is 6.79. The molecule has 40 heavy (non-hydrogen) atoms. The first-order valence-corrected chi connectivity index (χ1v) is 14.4. The van der Waals surface area contributed by atoms with Crippen molar-refractivity contribution in [3.63, 3.8) is 0 Å². The van der Waals surface area contributed by atoms with Crippen molar-refractivity contribution in [1.29, 1.82) is 0 Å². The van der Waals surface area contributed by atoms with Crippen molar-refractivity contribution in [3.8, 4) is 0 Å². The lowest BCUT2D eigenvalue weighted by molar-refractivity contribution is -0.198. The highest BCUT2D eigenvalue weighted by Crippen LogP contribution is 2.52. The molecule has 12 nitrogen and oxygen atoms in total. The Morgan fingerprint density at radius 2 is 1.45 bits per heavy atom. The predicted molar refractivity (Wildman–Crippen MR) is 144 cm³/mol. The van der Waals surface area contributed by atoms with Crippen molar-refractivity contribution in [3.05, 3.63) is 12.7 Å². The van der Waals surface area contributed by atoms with Crippen LogP contribution in [-0.4, -0.2) is 94.9 Å². The fourth-order valence-electron chi connectivity index (χ4n) is 4.55. The minimum atomic E-state index is -0.700. The van der Waals surface area contributed by atoms with Crippen LogP contribution in [0, 0.1) is 17.8 Å². The van der Waals surface area contributed by atoms with Gasteiger partial charge in [0.15, 0.2) is 0 Å². The lowest BCUT2D eigenvalue weighted by atomic mass is 10.1. The van der Waals surface area contributed by atoms with Crippen LogP contribution in [0.2, 0.25) is 0 Å². The summed E-state index contributed by atoms with van der Waals surface area (Å²) in [6.07, 6.45) is 7.35. The van der Waals surface area contributed by atoms with Gasteiger partial charge >= 0.3 is 12.1 Å². The summed E-state index contributed by atoms with van der Waals surface area (Å²) in [6.45, 7) is 9.50. The van der Waals surface area contributed by atoms with Gasteiger partial charge in [-0.15, -0.1) is 11.6 Å². The number of nitrogens with one attached hydrogen (secondary N) is 1. The molecule has 0 aromatic carbocycles. The van der Waals surface area contributed by atoms with Crippen LogP contribution in [0.25, 0.3) is 0 Å². The van der Waals surface area contributed by atoms with Crippen LogP contribution < -0.4 is 5.32 Å². The molecular formula is C28H46N2O10. The maximum Gasteiger partial charge on any atom is 0.407 e. The zero-order valence-corrected chi connectivity index (χ0v) is 23.8. The number of rotatable bonds is 24. The molecule has 1 heterocycles. The summed E-state index contributed by atoms with van der Waals surface area (Å²) >= 11 is 0. The normalized spacial score (nSPS) is 20.0. The van der Waals surface area contributed by atoms with Crippen LogP contribution in [0.4, 0.5) is 4.79 Å². The number of hydrogen-bond donors (Lipinski definition) is 1. The largest absolute Gasteiger partial charge is 0.449 e. The van der Waals surface area contributed by atoms with Crippen molar-refractivity contribution in [2.75, 3.05) is 66.0 Å². The monoisotopic (exact) mass is 570 g/mol. The van der Waals surface area contributed by atoms with E-state index >= 15 is 0 Å². The lowest BCUT2D eigenvalue weighted by Crippen LogP contribution is -2.32. The van der Waals surface area contributed by atoms with E-state index in [9.17, 15) is 19.2 Å². The Hall–Kier alpha value is -2.54. The van der Waals surface area contributed by atoms with Gasteiger partial charge in [-0.25, -0.2) is 9.59 Å². The van der Waals surface area contributed by atoms with Crippen molar-refractivity contribution in [2.24, 2.45) is 17.8 Å². The van der Waals surface area contributed by atoms with Gasteiger partial charge in [-0.1, -0.05) is 25.8 Å². The number of carbonyl (C=O) groups excluding carboxylic acids is 4. The SMILES string of the molecule is C=CCCC1C(CCCC)[C@@H]1COC(=O)NCCOCCOCCOCCOCCC(=O)ON1C(=O)CCC1=O. The van der Waals surface area contributed by atoms with E-state index in [0.717, 1.165) is 12.8 Å². The average molecular weight is 571 g/mol. The summed E-state index contributed by atoms with van der Waals surface area (Å²) in [5, 5.41) is 3.23. The zero-order valence-electron chi connectivity index (χ0n) is 23.8. The van der Waals surface area contributed by atoms with E-state index in [1.807, 2.05) is 6.08 Å². The lowest BCUT2D eigenvalue weighted by Gasteiger charge is -2.12. The van der Waals surface area contributed by atoms with Crippen molar-refractivity contribution in [2.45, 2.75) is 58.3 Å². The second-order valence-corrected chi connectivity index (χ2v) is 9.77. The average Bonchev–Trinajstić information content (AvgIpc) is 3.53. The number of hydroxylamine groups is 2. The number of allylic oxidation sites excluding steroid dienone is 1. The van der Waals surface area contributed by atoms with Gasteiger partial charge in [0.05, 0.1) is 65.9 Å². The summed E-state index contributed by atoms with van der Waals surface area (Å²) in [4.78, 5) is 51.1. The van der Waals surface area contributed by atoms with Gasteiger partial charge in [0, 0.05) is 19.4 Å². The number of nitrogens with zero attached hydrogens (tertiary/aromatic N) is 1. The quantitative estimate of drug-likeness (QED) is 0.105. The molecule has 0 aromatic rings. The van der Waals surface area contributed by atoms with E-state index in [-0.39, 0.29) is 32.5 Å². The first kappa shape index (κ1) is 33.7. The number of carbonyl (C=O) groups is 4. The van der Waals surface area contributed by atoms with Gasteiger partial charge in [0.25, 0.3) is 11.8 Å². The van der Waals surface area contributed by atoms with Crippen LogP contribution in [0.15, 0.2) is 12.7 Å². The van der Waals surface area contributed by atoms with Gasteiger partial charge in [-0.05, 0) is 37.0 Å². The molecule has 1 aliphatic heterocycles. The van der Waals surface area contributed by atoms with E-state index in [1.54, 1.807) is 0 Å². The number of ether oxygens (including phenoxy) is 5. The highest BCUT2D eigenvalue weighted by atomic mass is 16.7. The van der Waals surface area contributed by atoms with Crippen LogP contribution in [0.1, 0.15) is 58.3 Å². The number of hydrogen-bond acceptors (Lipinski definition) is 10. The maximum absolute atomic E-state index is 12.0. The maximum atomic E-state index is 12.0. The molecule has 2 unspecified atom stereocenters. The Morgan fingerprint density at radius 3 is 2.05 bits per heavy atom. The van der Waals surface area contributed by atoms with Crippen molar-refractivity contribution in [1.82, 2.24) is 10.4 Å². The van der Waals surface area contributed by atoms with E-state index in [2.05, 4.69) is 18.8 Å². The molecule has 3 amide bonds. The van der Waals surface area contributed by atoms with Gasteiger partial charge < -0.3 is 33.8 Å². The molecular weight excluding hydrogens is 524 g/mol.